The molecule has 0 aliphatic rings. The van der Waals surface area contributed by atoms with E-state index in [1.807, 2.05) is 60.7 Å². The third-order valence-corrected chi connectivity index (χ3v) is 6.32. The monoisotopic (exact) mass is 463 g/mol. The van der Waals surface area contributed by atoms with E-state index >= 15 is 0 Å². The molecule has 0 aliphatic heterocycles. The maximum atomic E-state index is 12.4. The number of nitrogens with one attached hydrogen (secondary N) is 2. The van der Waals surface area contributed by atoms with Crippen molar-refractivity contribution >= 4 is 40.6 Å². The molecule has 2 heterocycles. The summed E-state index contributed by atoms with van der Waals surface area (Å²) in [5.41, 5.74) is 4.25. The molecule has 0 atom stereocenters. The van der Waals surface area contributed by atoms with Crippen LogP contribution in [-0.4, -0.2) is 32.3 Å². The van der Waals surface area contributed by atoms with Gasteiger partial charge in [0.2, 0.25) is 11.8 Å². The van der Waals surface area contributed by atoms with Gasteiger partial charge in [-0.2, -0.15) is 5.10 Å². The number of amides is 2. The summed E-state index contributed by atoms with van der Waals surface area (Å²) in [7, 11) is 0. The van der Waals surface area contributed by atoms with Crippen LogP contribution < -0.4 is 10.6 Å². The normalized spacial score (nSPS) is 10.6. The lowest BCUT2D eigenvalue weighted by Crippen LogP contribution is -2.27. The molecule has 0 fully saturated rings. The molecule has 4 rings (SSSR count). The fraction of sp³-hybridized carbons (Fsp3) is 0.130. The van der Waals surface area contributed by atoms with Crippen molar-refractivity contribution in [3.05, 3.63) is 83.4 Å². The van der Waals surface area contributed by atoms with Crippen molar-refractivity contribution in [3.8, 4) is 11.3 Å². The van der Waals surface area contributed by atoms with Gasteiger partial charge in [-0.3, -0.25) is 14.3 Å². The lowest BCUT2D eigenvalue weighted by molar-refractivity contribution is -0.122. The summed E-state index contributed by atoms with van der Waals surface area (Å²) in [6.45, 7) is 0.462. The molecule has 4 aromatic rings. The molecule has 0 unspecified atom stereocenters. The number of hydrogen-bond acceptors (Lipinski definition) is 6. The SMILES string of the molecule is O=C(Cn1cc(NC(=O)CSc2ccccc2)cn1)NCc1scnc1-c1ccccc1. The number of aromatic nitrogens is 3. The number of carbonyl (C=O) groups is 2. The van der Waals surface area contributed by atoms with Crippen LogP contribution in [-0.2, 0) is 22.7 Å². The predicted octanol–water partition coefficient (Wildman–Crippen LogP) is 4.05. The fourth-order valence-electron chi connectivity index (χ4n) is 2.99. The number of rotatable bonds is 9. The van der Waals surface area contributed by atoms with E-state index in [1.165, 1.54) is 34.0 Å². The van der Waals surface area contributed by atoms with E-state index in [4.69, 9.17) is 0 Å². The van der Waals surface area contributed by atoms with Gasteiger partial charge in [0, 0.05) is 16.7 Å². The summed E-state index contributed by atoms with van der Waals surface area (Å²) in [6, 6.07) is 19.6. The quantitative estimate of drug-likeness (QED) is 0.366. The van der Waals surface area contributed by atoms with E-state index in [0.717, 1.165) is 21.0 Å². The number of nitrogens with zero attached hydrogens (tertiary/aromatic N) is 3. The van der Waals surface area contributed by atoms with Crippen LogP contribution in [0.5, 0.6) is 0 Å². The van der Waals surface area contributed by atoms with E-state index in [2.05, 4.69) is 20.7 Å². The molecule has 32 heavy (non-hydrogen) atoms. The van der Waals surface area contributed by atoms with Crippen molar-refractivity contribution in [2.75, 3.05) is 11.1 Å². The number of thioether (sulfide) groups is 1. The van der Waals surface area contributed by atoms with Crippen LogP contribution >= 0.6 is 23.1 Å². The molecule has 0 aliphatic carbocycles. The molecule has 2 N–H and O–H groups in total. The summed E-state index contributed by atoms with van der Waals surface area (Å²) in [5, 5.41) is 9.88. The van der Waals surface area contributed by atoms with E-state index < -0.39 is 0 Å². The highest BCUT2D eigenvalue weighted by atomic mass is 32.2. The Morgan fingerprint density at radius 2 is 1.75 bits per heavy atom. The highest BCUT2D eigenvalue weighted by molar-refractivity contribution is 8.00. The standard InChI is InChI=1S/C23H21N5O2S2/c29-21(24-12-20-23(25-16-32-20)17-7-3-1-4-8-17)14-28-13-18(11-26-28)27-22(30)15-31-19-9-5-2-6-10-19/h1-11,13,16H,12,14-15H2,(H,24,29)(H,27,30). The molecule has 2 amide bonds. The number of benzene rings is 2. The maximum Gasteiger partial charge on any atom is 0.242 e. The van der Waals surface area contributed by atoms with Gasteiger partial charge < -0.3 is 10.6 Å². The molecular weight excluding hydrogens is 442 g/mol. The third-order valence-electron chi connectivity index (χ3n) is 4.47. The van der Waals surface area contributed by atoms with Crippen molar-refractivity contribution in [2.24, 2.45) is 0 Å². The first-order chi connectivity index (χ1) is 15.7. The van der Waals surface area contributed by atoms with E-state index in [1.54, 1.807) is 11.7 Å². The van der Waals surface area contributed by atoms with Gasteiger partial charge >= 0.3 is 0 Å². The predicted molar refractivity (Wildman–Crippen MR) is 127 cm³/mol. The zero-order valence-corrected chi connectivity index (χ0v) is 18.7. The molecule has 7 nitrogen and oxygen atoms in total. The van der Waals surface area contributed by atoms with Crippen molar-refractivity contribution in [1.29, 1.82) is 0 Å². The Bertz CT molecular complexity index is 1180. The van der Waals surface area contributed by atoms with Crippen molar-refractivity contribution in [3.63, 3.8) is 0 Å². The Hall–Kier alpha value is -3.43. The molecule has 0 spiro atoms. The average Bonchev–Trinajstić information content (AvgIpc) is 3.47. The first-order valence-electron chi connectivity index (χ1n) is 9.92. The molecule has 0 radical (unpaired) electrons. The number of thiazole rings is 1. The molecule has 162 valence electrons. The first kappa shape index (κ1) is 21.8. The zero-order chi connectivity index (χ0) is 22.2. The van der Waals surface area contributed by atoms with Crippen LogP contribution in [0.25, 0.3) is 11.3 Å². The Morgan fingerprint density at radius 1 is 1.00 bits per heavy atom. The van der Waals surface area contributed by atoms with Gasteiger partial charge in [0.15, 0.2) is 0 Å². The smallest absolute Gasteiger partial charge is 0.242 e. The molecule has 2 aromatic carbocycles. The second-order valence-electron chi connectivity index (χ2n) is 6.84. The Labute approximate surface area is 193 Å². The summed E-state index contributed by atoms with van der Waals surface area (Å²) >= 11 is 2.97. The van der Waals surface area contributed by atoms with E-state index in [-0.39, 0.29) is 18.4 Å². The Balaban J connectivity index is 1.25. The van der Waals surface area contributed by atoms with E-state index in [9.17, 15) is 9.59 Å². The van der Waals surface area contributed by atoms with Crippen LogP contribution in [0.4, 0.5) is 5.69 Å². The van der Waals surface area contributed by atoms with Gasteiger partial charge in [-0.1, -0.05) is 48.5 Å². The van der Waals surface area contributed by atoms with E-state index in [0.29, 0.717) is 18.0 Å². The molecule has 2 aromatic heterocycles. The Kier molecular flexibility index (Phi) is 7.31. The Morgan fingerprint density at radius 3 is 2.53 bits per heavy atom. The van der Waals surface area contributed by atoms with Crippen LogP contribution in [0, 0.1) is 0 Å². The van der Waals surface area contributed by atoms with Crippen molar-refractivity contribution in [1.82, 2.24) is 20.1 Å². The van der Waals surface area contributed by atoms with Gasteiger partial charge in [-0.05, 0) is 12.1 Å². The van der Waals surface area contributed by atoms with Gasteiger partial charge in [-0.25, -0.2) is 4.98 Å². The average molecular weight is 464 g/mol. The van der Waals surface area contributed by atoms with Crippen LogP contribution in [0.2, 0.25) is 0 Å². The molecular formula is C23H21N5O2S2. The second kappa shape index (κ2) is 10.7. The number of anilines is 1. The maximum absolute atomic E-state index is 12.4. The molecule has 9 heteroatoms. The highest BCUT2D eigenvalue weighted by Gasteiger charge is 2.11. The van der Waals surface area contributed by atoms with Crippen LogP contribution in [0.1, 0.15) is 4.88 Å². The lowest BCUT2D eigenvalue weighted by Gasteiger charge is -2.06. The fourth-order valence-corrected chi connectivity index (χ4v) is 4.43. The minimum Gasteiger partial charge on any atom is -0.350 e. The summed E-state index contributed by atoms with van der Waals surface area (Å²) < 4.78 is 1.50. The summed E-state index contributed by atoms with van der Waals surface area (Å²) in [4.78, 5) is 31.0. The van der Waals surface area contributed by atoms with Gasteiger partial charge in [-0.15, -0.1) is 23.1 Å². The van der Waals surface area contributed by atoms with Crippen LogP contribution in [0.15, 0.2) is 83.5 Å². The summed E-state index contributed by atoms with van der Waals surface area (Å²) in [5.74, 6) is 0.00776. The topological polar surface area (TPSA) is 88.9 Å². The molecule has 0 saturated heterocycles. The number of carbonyl (C=O) groups excluding carboxylic acids is 2. The lowest BCUT2D eigenvalue weighted by atomic mass is 10.1. The first-order valence-corrected chi connectivity index (χ1v) is 11.8. The van der Waals surface area contributed by atoms with Crippen LogP contribution in [0.3, 0.4) is 0 Å². The summed E-state index contributed by atoms with van der Waals surface area (Å²) in [6.07, 6.45) is 3.18. The number of hydrogen-bond donors (Lipinski definition) is 2. The van der Waals surface area contributed by atoms with Crippen molar-refractivity contribution in [2.45, 2.75) is 18.0 Å². The minimum atomic E-state index is -0.168. The zero-order valence-electron chi connectivity index (χ0n) is 17.1. The minimum absolute atomic E-state index is 0.0636. The molecule has 0 saturated carbocycles. The molecule has 0 bridgehead atoms. The largest absolute Gasteiger partial charge is 0.350 e. The van der Waals surface area contributed by atoms with Gasteiger partial charge in [0.05, 0.1) is 40.3 Å². The highest BCUT2D eigenvalue weighted by Crippen LogP contribution is 2.25. The van der Waals surface area contributed by atoms with Crippen molar-refractivity contribution < 1.29 is 9.59 Å². The third kappa shape index (κ3) is 6.05. The second-order valence-corrected chi connectivity index (χ2v) is 8.83. The van der Waals surface area contributed by atoms with Gasteiger partial charge in [0.25, 0.3) is 0 Å². The van der Waals surface area contributed by atoms with Gasteiger partial charge in [0.1, 0.15) is 6.54 Å².